The van der Waals surface area contributed by atoms with E-state index in [1.807, 2.05) is 0 Å². The summed E-state index contributed by atoms with van der Waals surface area (Å²) in [6.45, 7) is 0. The molecule has 0 aliphatic carbocycles. The average Bonchev–Trinajstić information content (AvgIpc) is 2.53. The van der Waals surface area contributed by atoms with Crippen molar-refractivity contribution in [2.24, 2.45) is 5.11 Å². The summed E-state index contributed by atoms with van der Waals surface area (Å²) in [5.41, 5.74) is 9.37. The van der Waals surface area contributed by atoms with Crippen molar-refractivity contribution in [3.63, 3.8) is 0 Å². The first-order valence-electron chi connectivity index (χ1n) is 5.84. The van der Waals surface area contributed by atoms with E-state index in [9.17, 15) is 4.79 Å². The molecule has 2 rings (SSSR count). The van der Waals surface area contributed by atoms with Gasteiger partial charge < -0.3 is 14.2 Å². The lowest BCUT2D eigenvalue weighted by Crippen LogP contribution is -2.03. The highest BCUT2D eigenvalue weighted by Gasteiger charge is 2.18. The molecular weight excluding hydrogens is 276 g/mol. The van der Waals surface area contributed by atoms with Gasteiger partial charge in [-0.2, -0.15) is 0 Å². The molecule has 0 amide bonds. The zero-order chi connectivity index (χ0) is 15.4. The van der Waals surface area contributed by atoms with Crippen LogP contribution in [0.2, 0.25) is 0 Å². The van der Waals surface area contributed by atoms with Crippen LogP contribution in [0.3, 0.4) is 0 Å². The minimum absolute atomic E-state index is 0.0677. The van der Waals surface area contributed by atoms with Gasteiger partial charge in [-0.25, -0.2) is 4.79 Å². The molecule has 21 heavy (non-hydrogen) atoms. The van der Waals surface area contributed by atoms with Gasteiger partial charge in [0.25, 0.3) is 0 Å². The highest BCUT2D eigenvalue weighted by atomic mass is 16.5. The van der Waals surface area contributed by atoms with Crippen LogP contribution in [0.5, 0.6) is 11.5 Å². The number of hydrogen-bond donors (Lipinski definition) is 0. The summed E-state index contributed by atoms with van der Waals surface area (Å²) in [6, 6.07) is 3.26. The minimum atomic E-state index is -0.645. The number of carbonyl (C=O) groups excluding carboxylic acids is 1. The van der Waals surface area contributed by atoms with Gasteiger partial charge in [0.05, 0.1) is 32.6 Å². The Kier molecular flexibility index (Phi) is 4.10. The predicted octanol–water partition coefficient (Wildman–Crippen LogP) is 2.98. The highest BCUT2D eigenvalue weighted by Crippen LogP contribution is 2.37. The first-order chi connectivity index (χ1) is 10.2. The fourth-order valence-corrected chi connectivity index (χ4v) is 1.92. The summed E-state index contributed by atoms with van der Waals surface area (Å²) >= 11 is 0. The summed E-state index contributed by atoms with van der Waals surface area (Å²) in [4.78, 5) is 18.7. The minimum Gasteiger partial charge on any atom is -0.497 e. The number of rotatable bonds is 4. The molecule has 0 radical (unpaired) electrons. The number of fused-ring (bicyclic) bond motifs is 1. The molecule has 8 heteroatoms. The van der Waals surface area contributed by atoms with Gasteiger partial charge in [-0.1, -0.05) is 5.11 Å². The van der Waals surface area contributed by atoms with Crippen LogP contribution in [0.25, 0.3) is 21.3 Å². The van der Waals surface area contributed by atoms with E-state index >= 15 is 0 Å². The maximum absolute atomic E-state index is 11.8. The number of benzene rings is 1. The number of esters is 1. The van der Waals surface area contributed by atoms with Crippen molar-refractivity contribution < 1.29 is 19.0 Å². The summed E-state index contributed by atoms with van der Waals surface area (Å²) in [5.74, 6) is 0.279. The standard InChI is InChI=1S/C13H12N4O4/c1-19-7-4-8-11(16-17-14)9(13(18)21-3)6-15-12(8)10(5-7)20-2/h4-6H,1-3H3. The number of pyridine rings is 1. The molecule has 1 heterocycles. The van der Waals surface area contributed by atoms with Crippen molar-refractivity contribution >= 4 is 22.6 Å². The second kappa shape index (κ2) is 5.98. The normalized spacial score (nSPS) is 9.86. The van der Waals surface area contributed by atoms with Crippen LogP contribution in [0, 0.1) is 0 Å². The molecule has 0 saturated carbocycles. The number of nitrogens with zero attached hydrogens (tertiary/aromatic N) is 4. The summed E-state index contributed by atoms with van der Waals surface area (Å²) in [7, 11) is 4.21. The quantitative estimate of drug-likeness (QED) is 0.372. The summed E-state index contributed by atoms with van der Waals surface area (Å²) in [5, 5.41) is 4.02. The average molecular weight is 288 g/mol. The lowest BCUT2D eigenvalue weighted by Gasteiger charge is -2.11. The summed E-state index contributed by atoms with van der Waals surface area (Å²) in [6.07, 6.45) is 1.28. The molecule has 0 unspecified atom stereocenters. The molecule has 108 valence electrons. The largest absolute Gasteiger partial charge is 0.497 e. The van der Waals surface area contributed by atoms with Crippen LogP contribution < -0.4 is 9.47 Å². The lowest BCUT2D eigenvalue weighted by atomic mass is 10.1. The van der Waals surface area contributed by atoms with E-state index < -0.39 is 5.97 Å². The van der Waals surface area contributed by atoms with Crippen molar-refractivity contribution in [2.75, 3.05) is 21.3 Å². The Morgan fingerprint density at radius 3 is 2.62 bits per heavy atom. The fourth-order valence-electron chi connectivity index (χ4n) is 1.92. The third-order valence-corrected chi connectivity index (χ3v) is 2.89. The zero-order valence-corrected chi connectivity index (χ0v) is 11.7. The number of methoxy groups -OCH3 is 3. The molecule has 0 saturated heterocycles. The highest BCUT2D eigenvalue weighted by molar-refractivity contribution is 6.05. The molecule has 0 bridgehead atoms. The molecule has 0 N–H and O–H groups in total. The van der Waals surface area contributed by atoms with Gasteiger partial charge in [0.15, 0.2) is 0 Å². The molecule has 0 aliphatic rings. The summed E-state index contributed by atoms with van der Waals surface area (Å²) < 4.78 is 15.1. The van der Waals surface area contributed by atoms with Gasteiger partial charge in [0, 0.05) is 22.6 Å². The number of ether oxygens (including phenoxy) is 3. The predicted molar refractivity (Wildman–Crippen MR) is 75.0 cm³/mol. The van der Waals surface area contributed by atoms with E-state index in [4.69, 9.17) is 15.0 Å². The zero-order valence-electron chi connectivity index (χ0n) is 11.7. The van der Waals surface area contributed by atoms with Gasteiger partial charge in [0.1, 0.15) is 17.0 Å². The number of aromatic nitrogens is 1. The van der Waals surface area contributed by atoms with E-state index in [0.29, 0.717) is 22.4 Å². The smallest absolute Gasteiger partial charge is 0.339 e. The Hall–Kier alpha value is -2.99. The van der Waals surface area contributed by atoms with E-state index in [2.05, 4.69) is 19.7 Å². The molecular formula is C13H12N4O4. The Bertz CT molecular complexity index is 753. The van der Waals surface area contributed by atoms with Crippen molar-refractivity contribution in [2.45, 2.75) is 0 Å². The van der Waals surface area contributed by atoms with Crippen LogP contribution in [0.15, 0.2) is 23.4 Å². The molecule has 1 aromatic carbocycles. The third kappa shape index (κ3) is 2.52. The van der Waals surface area contributed by atoms with Gasteiger partial charge in [-0.3, -0.25) is 4.98 Å². The molecule has 0 fully saturated rings. The van der Waals surface area contributed by atoms with Crippen LogP contribution >= 0.6 is 0 Å². The van der Waals surface area contributed by atoms with E-state index in [-0.39, 0.29) is 11.3 Å². The van der Waals surface area contributed by atoms with Gasteiger partial charge in [-0.05, 0) is 11.6 Å². The van der Waals surface area contributed by atoms with Gasteiger partial charge >= 0.3 is 5.97 Å². The Morgan fingerprint density at radius 2 is 2.05 bits per heavy atom. The maximum Gasteiger partial charge on any atom is 0.339 e. The Labute approximate surface area is 119 Å². The molecule has 8 nitrogen and oxygen atoms in total. The van der Waals surface area contributed by atoms with E-state index in [0.717, 1.165) is 0 Å². The first kappa shape index (κ1) is 14.4. The van der Waals surface area contributed by atoms with Crippen LogP contribution in [0.1, 0.15) is 10.4 Å². The van der Waals surface area contributed by atoms with E-state index in [1.165, 1.54) is 27.5 Å². The van der Waals surface area contributed by atoms with Crippen LogP contribution in [-0.2, 0) is 4.74 Å². The number of carbonyl (C=O) groups is 1. The Morgan fingerprint density at radius 1 is 1.29 bits per heavy atom. The third-order valence-electron chi connectivity index (χ3n) is 2.89. The molecule has 0 atom stereocenters. The van der Waals surface area contributed by atoms with Gasteiger partial charge in [0.2, 0.25) is 0 Å². The second-order valence-electron chi connectivity index (χ2n) is 3.93. The number of azide groups is 1. The molecule has 0 spiro atoms. The van der Waals surface area contributed by atoms with Gasteiger partial charge in [-0.15, -0.1) is 0 Å². The molecule has 0 aliphatic heterocycles. The lowest BCUT2D eigenvalue weighted by molar-refractivity contribution is 0.0601. The monoisotopic (exact) mass is 288 g/mol. The fraction of sp³-hybridized carbons (Fsp3) is 0.231. The molecule has 1 aromatic heterocycles. The SMILES string of the molecule is COC(=O)c1cnc2c(OC)cc(OC)cc2c1N=[N+]=[N-]. The van der Waals surface area contributed by atoms with E-state index in [1.54, 1.807) is 12.1 Å². The maximum atomic E-state index is 11.8. The first-order valence-corrected chi connectivity index (χ1v) is 5.84. The van der Waals surface area contributed by atoms with Crippen molar-refractivity contribution in [3.05, 3.63) is 34.3 Å². The Balaban J connectivity index is 2.90. The second-order valence-corrected chi connectivity index (χ2v) is 3.93. The molecule has 2 aromatic rings. The van der Waals surface area contributed by atoms with Crippen LogP contribution in [0.4, 0.5) is 5.69 Å². The van der Waals surface area contributed by atoms with Crippen molar-refractivity contribution in [1.82, 2.24) is 4.98 Å². The number of hydrogen-bond acceptors (Lipinski definition) is 6. The topological polar surface area (TPSA) is 106 Å². The van der Waals surface area contributed by atoms with Crippen LogP contribution in [-0.4, -0.2) is 32.3 Å². The van der Waals surface area contributed by atoms with Crippen molar-refractivity contribution in [1.29, 1.82) is 0 Å². The van der Waals surface area contributed by atoms with Crippen molar-refractivity contribution in [3.8, 4) is 11.5 Å².